The number of fused-ring (bicyclic) bond motifs is 1. The summed E-state index contributed by atoms with van der Waals surface area (Å²) < 4.78 is 0.887. The number of benzene rings is 1. The van der Waals surface area contributed by atoms with Crippen LogP contribution in [0.4, 0.5) is 5.69 Å². The Morgan fingerprint density at radius 3 is 2.76 bits per heavy atom. The van der Waals surface area contributed by atoms with Gasteiger partial charge in [0.05, 0.1) is 17.4 Å². The van der Waals surface area contributed by atoms with Gasteiger partial charge >= 0.3 is 0 Å². The highest BCUT2D eigenvalue weighted by Crippen LogP contribution is 2.21. The van der Waals surface area contributed by atoms with Crippen LogP contribution in [-0.2, 0) is 6.54 Å². The van der Waals surface area contributed by atoms with E-state index in [4.69, 9.17) is 0 Å². The molecule has 21 heavy (non-hydrogen) atoms. The van der Waals surface area contributed by atoms with Crippen LogP contribution < -0.4 is 5.32 Å². The van der Waals surface area contributed by atoms with Crippen LogP contribution in [0.25, 0.3) is 10.9 Å². The first kappa shape index (κ1) is 14.0. The summed E-state index contributed by atoms with van der Waals surface area (Å²) in [6, 6.07) is 12.5. The Bertz CT molecular complexity index is 799. The van der Waals surface area contributed by atoms with E-state index in [2.05, 4.69) is 55.5 Å². The monoisotopic (exact) mass is 341 g/mol. The zero-order valence-electron chi connectivity index (χ0n) is 12.0. The van der Waals surface area contributed by atoms with E-state index in [1.165, 1.54) is 10.9 Å². The molecule has 0 atom stereocenters. The van der Waals surface area contributed by atoms with E-state index in [1.807, 2.05) is 32.2 Å². The largest absolute Gasteiger partial charge is 0.380 e. The van der Waals surface area contributed by atoms with Crippen LogP contribution in [0.2, 0.25) is 0 Å². The first-order valence-electron chi connectivity index (χ1n) is 6.85. The van der Waals surface area contributed by atoms with Gasteiger partial charge in [0.1, 0.15) is 4.60 Å². The lowest BCUT2D eigenvalue weighted by Crippen LogP contribution is -2.02. The molecule has 106 valence electrons. The first-order valence-corrected chi connectivity index (χ1v) is 7.64. The van der Waals surface area contributed by atoms with Crippen molar-refractivity contribution in [1.29, 1.82) is 0 Å². The third-order valence-corrected chi connectivity index (χ3v) is 4.26. The quantitative estimate of drug-likeness (QED) is 0.706. The molecular weight excluding hydrogens is 326 g/mol. The summed E-state index contributed by atoms with van der Waals surface area (Å²) in [5.74, 6) is 0. The summed E-state index contributed by atoms with van der Waals surface area (Å²) in [5, 5.41) is 4.63. The van der Waals surface area contributed by atoms with E-state index in [-0.39, 0.29) is 0 Å². The molecule has 0 aliphatic carbocycles. The lowest BCUT2D eigenvalue weighted by Gasteiger charge is -2.11. The Hall–Kier alpha value is -1.94. The van der Waals surface area contributed by atoms with E-state index in [0.29, 0.717) is 0 Å². The number of hydrogen-bond donors (Lipinski definition) is 1. The molecule has 1 N–H and O–H groups in total. The standard InChI is InChI=1S/C17H16BrN3/c1-11-7-14(10-20-17(11)18)19-9-13-8-12(2)21-16-6-4-3-5-15(13)16/h3-8,10,19H,9H2,1-2H3. The van der Waals surface area contributed by atoms with Gasteiger partial charge in [-0.3, -0.25) is 4.98 Å². The smallest absolute Gasteiger partial charge is 0.109 e. The molecule has 1 aromatic carbocycles. The number of aromatic nitrogens is 2. The molecule has 0 aliphatic rings. The van der Waals surface area contributed by atoms with Crippen LogP contribution in [-0.4, -0.2) is 9.97 Å². The number of hydrogen-bond acceptors (Lipinski definition) is 3. The van der Waals surface area contributed by atoms with E-state index in [9.17, 15) is 0 Å². The van der Waals surface area contributed by atoms with Crippen molar-refractivity contribution in [3.8, 4) is 0 Å². The Morgan fingerprint density at radius 2 is 1.95 bits per heavy atom. The van der Waals surface area contributed by atoms with Gasteiger partial charge in [-0.2, -0.15) is 0 Å². The van der Waals surface area contributed by atoms with Crippen molar-refractivity contribution in [3.63, 3.8) is 0 Å². The molecule has 0 aliphatic heterocycles. The minimum Gasteiger partial charge on any atom is -0.380 e. The van der Waals surface area contributed by atoms with E-state index in [1.54, 1.807) is 0 Å². The first-order chi connectivity index (χ1) is 10.1. The summed E-state index contributed by atoms with van der Waals surface area (Å²) >= 11 is 3.42. The van der Waals surface area contributed by atoms with Crippen LogP contribution in [0.3, 0.4) is 0 Å². The Labute approximate surface area is 132 Å². The lowest BCUT2D eigenvalue weighted by atomic mass is 10.1. The SMILES string of the molecule is Cc1cc(CNc2cnc(Br)c(C)c2)c2ccccc2n1. The zero-order chi connectivity index (χ0) is 14.8. The maximum atomic E-state index is 4.57. The maximum Gasteiger partial charge on any atom is 0.109 e. The Kier molecular flexibility index (Phi) is 3.88. The molecule has 0 saturated heterocycles. The summed E-state index contributed by atoms with van der Waals surface area (Å²) in [5.41, 5.74) is 5.47. The predicted molar refractivity (Wildman–Crippen MR) is 90.5 cm³/mol. The molecule has 2 aromatic heterocycles. The van der Waals surface area contributed by atoms with Crippen molar-refractivity contribution in [2.24, 2.45) is 0 Å². The molecular formula is C17H16BrN3. The van der Waals surface area contributed by atoms with Crippen molar-refractivity contribution >= 4 is 32.5 Å². The third-order valence-electron chi connectivity index (χ3n) is 3.43. The summed E-state index contributed by atoms with van der Waals surface area (Å²) in [6.45, 7) is 4.82. The zero-order valence-corrected chi connectivity index (χ0v) is 13.6. The predicted octanol–water partition coefficient (Wildman–Crippen LogP) is 4.62. The van der Waals surface area contributed by atoms with E-state index < -0.39 is 0 Å². The van der Waals surface area contributed by atoms with Crippen LogP contribution in [0.1, 0.15) is 16.8 Å². The van der Waals surface area contributed by atoms with Crippen molar-refractivity contribution in [1.82, 2.24) is 9.97 Å². The van der Waals surface area contributed by atoms with Crippen LogP contribution in [0.15, 0.2) is 47.2 Å². The van der Waals surface area contributed by atoms with Gasteiger partial charge in [-0.25, -0.2) is 4.98 Å². The van der Waals surface area contributed by atoms with Crippen molar-refractivity contribution in [2.45, 2.75) is 20.4 Å². The molecule has 0 saturated carbocycles. The van der Waals surface area contributed by atoms with Gasteiger partial charge in [-0.05, 0) is 59.1 Å². The number of aryl methyl sites for hydroxylation is 2. The Morgan fingerprint density at radius 1 is 1.14 bits per heavy atom. The fourth-order valence-corrected chi connectivity index (χ4v) is 2.61. The molecule has 0 radical (unpaired) electrons. The lowest BCUT2D eigenvalue weighted by molar-refractivity contribution is 1.11. The number of nitrogens with one attached hydrogen (secondary N) is 1. The summed E-state index contributed by atoms with van der Waals surface area (Å²) in [7, 11) is 0. The van der Waals surface area contributed by atoms with Gasteiger partial charge in [-0.1, -0.05) is 18.2 Å². The van der Waals surface area contributed by atoms with Crippen LogP contribution >= 0.6 is 15.9 Å². The molecule has 3 aromatic rings. The molecule has 3 nitrogen and oxygen atoms in total. The summed E-state index contributed by atoms with van der Waals surface area (Å²) in [6.07, 6.45) is 1.84. The molecule has 0 spiro atoms. The normalized spacial score (nSPS) is 10.8. The highest BCUT2D eigenvalue weighted by atomic mass is 79.9. The number of nitrogens with zero attached hydrogens (tertiary/aromatic N) is 2. The van der Waals surface area contributed by atoms with E-state index >= 15 is 0 Å². The second-order valence-electron chi connectivity index (χ2n) is 5.13. The number of anilines is 1. The van der Waals surface area contributed by atoms with Gasteiger partial charge in [0, 0.05) is 17.6 Å². The van der Waals surface area contributed by atoms with Gasteiger partial charge in [0.25, 0.3) is 0 Å². The van der Waals surface area contributed by atoms with Gasteiger partial charge in [0.15, 0.2) is 0 Å². The van der Waals surface area contributed by atoms with Crippen molar-refractivity contribution in [2.75, 3.05) is 5.32 Å². The summed E-state index contributed by atoms with van der Waals surface area (Å²) in [4.78, 5) is 8.88. The molecule has 2 heterocycles. The number of pyridine rings is 2. The molecule has 0 unspecified atom stereocenters. The number of rotatable bonds is 3. The minimum atomic E-state index is 0.757. The van der Waals surface area contributed by atoms with Crippen LogP contribution in [0.5, 0.6) is 0 Å². The second-order valence-corrected chi connectivity index (χ2v) is 5.88. The Balaban J connectivity index is 1.89. The second kappa shape index (κ2) is 5.82. The number of halogens is 1. The van der Waals surface area contributed by atoms with Gasteiger partial charge in [0.2, 0.25) is 0 Å². The average Bonchev–Trinajstić information content (AvgIpc) is 2.48. The van der Waals surface area contributed by atoms with Crippen molar-refractivity contribution in [3.05, 3.63) is 64.0 Å². The highest BCUT2D eigenvalue weighted by molar-refractivity contribution is 9.10. The minimum absolute atomic E-state index is 0.757. The molecule has 4 heteroatoms. The molecule has 0 fully saturated rings. The third kappa shape index (κ3) is 3.05. The fraction of sp³-hybridized carbons (Fsp3) is 0.176. The highest BCUT2D eigenvalue weighted by Gasteiger charge is 2.04. The van der Waals surface area contributed by atoms with Gasteiger partial charge < -0.3 is 5.32 Å². The molecule has 3 rings (SSSR count). The van der Waals surface area contributed by atoms with Crippen molar-refractivity contribution < 1.29 is 0 Å². The fourth-order valence-electron chi connectivity index (χ4n) is 2.39. The van der Waals surface area contributed by atoms with Gasteiger partial charge in [-0.15, -0.1) is 0 Å². The molecule has 0 bridgehead atoms. The van der Waals surface area contributed by atoms with E-state index in [0.717, 1.165) is 33.6 Å². The topological polar surface area (TPSA) is 37.8 Å². The van der Waals surface area contributed by atoms with Crippen LogP contribution in [0, 0.1) is 13.8 Å². The maximum absolute atomic E-state index is 4.57. The molecule has 0 amide bonds. The average molecular weight is 342 g/mol. The number of para-hydroxylation sites is 1.